The number of hydrogen-bond acceptors (Lipinski definition) is 6. The van der Waals surface area contributed by atoms with Crippen molar-refractivity contribution in [3.63, 3.8) is 0 Å². The molecule has 0 fully saturated rings. The van der Waals surface area contributed by atoms with Gasteiger partial charge in [-0.05, 0) is 59.4 Å². The van der Waals surface area contributed by atoms with Crippen molar-refractivity contribution in [1.29, 1.82) is 0 Å². The van der Waals surface area contributed by atoms with Crippen LogP contribution < -0.4 is 9.47 Å². The molecule has 2 aliphatic rings. The van der Waals surface area contributed by atoms with E-state index in [0.717, 1.165) is 50.5 Å². The van der Waals surface area contributed by atoms with Gasteiger partial charge in [-0.15, -0.1) is 0 Å². The first kappa shape index (κ1) is 31.3. The van der Waals surface area contributed by atoms with Crippen molar-refractivity contribution < 1.29 is 9.47 Å². The minimum Gasteiger partial charge on any atom is -0.478 e. The van der Waals surface area contributed by atoms with Crippen LogP contribution in [0.1, 0.15) is 87.8 Å². The Hall–Kier alpha value is -2.12. The lowest BCUT2D eigenvalue weighted by Crippen LogP contribution is -2.34. The van der Waals surface area contributed by atoms with E-state index < -0.39 is 0 Å². The van der Waals surface area contributed by atoms with E-state index in [-0.39, 0.29) is 10.8 Å². The summed E-state index contributed by atoms with van der Waals surface area (Å²) < 4.78 is 12.2. The topological polar surface area (TPSA) is 24.9 Å². The largest absolute Gasteiger partial charge is 0.478 e. The number of ether oxygens (including phenoxy) is 2. The summed E-state index contributed by atoms with van der Waals surface area (Å²) in [5.41, 5.74) is 7.48. The minimum atomic E-state index is -0.155. The molecule has 3 aromatic rings. The van der Waals surface area contributed by atoms with Crippen LogP contribution in [0.5, 0.6) is 11.5 Å². The minimum absolute atomic E-state index is 0.155. The standard InChI is InChI=1S/C36H48N2O2S2/c1-25(41)14-16-37-21-27-18-31(10-12-33(27)39-23-37)35(3,4)29-8-7-9-30(20-29)36(5,6)32-11-13-34-28(19-32)22-38(24-40-34)17-15-26(2)42/h7-13,18-20,25-26,41-42H,14-17,21-24H2,1-6H3. The Bertz CT molecular complexity index is 1280. The van der Waals surface area contributed by atoms with Gasteiger partial charge >= 0.3 is 0 Å². The smallest absolute Gasteiger partial charge is 0.142 e. The molecule has 0 radical (unpaired) electrons. The third-order valence-corrected chi connectivity index (χ3v) is 9.71. The van der Waals surface area contributed by atoms with Crippen molar-refractivity contribution in [1.82, 2.24) is 9.80 Å². The molecule has 42 heavy (non-hydrogen) atoms. The van der Waals surface area contributed by atoms with Crippen LogP contribution in [0, 0.1) is 0 Å². The van der Waals surface area contributed by atoms with Crippen LogP contribution in [0.15, 0.2) is 60.7 Å². The fraction of sp³-hybridized carbons (Fsp3) is 0.500. The molecule has 0 aliphatic carbocycles. The third-order valence-electron chi connectivity index (χ3n) is 9.19. The number of benzene rings is 3. The second-order valence-corrected chi connectivity index (χ2v) is 15.2. The molecule has 2 aliphatic heterocycles. The zero-order chi connectivity index (χ0) is 30.1. The Morgan fingerprint density at radius 2 is 1.05 bits per heavy atom. The summed E-state index contributed by atoms with van der Waals surface area (Å²) >= 11 is 9.12. The van der Waals surface area contributed by atoms with E-state index in [1.807, 2.05) is 0 Å². The van der Waals surface area contributed by atoms with E-state index in [1.165, 1.54) is 33.4 Å². The molecule has 2 unspecified atom stereocenters. The summed E-state index contributed by atoms with van der Waals surface area (Å²) in [6.45, 7) is 18.8. The van der Waals surface area contributed by atoms with E-state index in [9.17, 15) is 0 Å². The molecule has 226 valence electrons. The van der Waals surface area contributed by atoms with Gasteiger partial charge in [0.2, 0.25) is 0 Å². The Kier molecular flexibility index (Phi) is 9.58. The number of rotatable bonds is 10. The first-order valence-corrected chi connectivity index (χ1v) is 16.4. The number of fused-ring (bicyclic) bond motifs is 2. The van der Waals surface area contributed by atoms with E-state index in [4.69, 9.17) is 9.47 Å². The van der Waals surface area contributed by atoms with Gasteiger partial charge in [0.05, 0.1) is 0 Å². The predicted molar refractivity (Wildman–Crippen MR) is 182 cm³/mol. The maximum atomic E-state index is 6.11. The monoisotopic (exact) mass is 604 g/mol. The molecule has 5 rings (SSSR count). The van der Waals surface area contributed by atoms with Gasteiger partial charge in [-0.1, -0.05) is 77.9 Å². The second-order valence-electron chi connectivity index (χ2n) is 13.4. The number of thiol groups is 2. The maximum absolute atomic E-state index is 6.11. The highest BCUT2D eigenvalue weighted by molar-refractivity contribution is 7.81. The molecule has 6 heteroatoms. The van der Waals surface area contributed by atoms with Gasteiger partial charge in [0.1, 0.15) is 25.0 Å². The molecule has 4 nitrogen and oxygen atoms in total. The highest BCUT2D eigenvalue weighted by Crippen LogP contribution is 2.40. The normalized spacial score (nSPS) is 17.5. The van der Waals surface area contributed by atoms with Crippen LogP contribution in [0.25, 0.3) is 0 Å². The lowest BCUT2D eigenvalue weighted by molar-refractivity contribution is 0.0943. The van der Waals surface area contributed by atoms with Crippen molar-refractivity contribution in [2.75, 3.05) is 26.6 Å². The van der Waals surface area contributed by atoms with Crippen molar-refractivity contribution in [2.45, 2.75) is 88.8 Å². The summed E-state index contributed by atoms with van der Waals surface area (Å²) in [5.74, 6) is 2.02. The fourth-order valence-electron chi connectivity index (χ4n) is 6.02. The van der Waals surface area contributed by atoms with Crippen molar-refractivity contribution in [3.05, 3.63) is 94.0 Å². The summed E-state index contributed by atoms with van der Waals surface area (Å²) in [7, 11) is 0. The average molecular weight is 605 g/mol. The average Bonchev–Trinajstić information content (AvgIpc) is 2.98. The molecule has 2 atom stereocenters. The van der Waals surface area contributed by atoms with Crippen molar-refractivity contribution in [2.24, 2.45) is 0 Å². The van der Waals surface area contributed by atoms with E-state index in [0.29, 0.717) is 24.0 Å². The Morgan fingerprint density at radius 1 is 0.643 bits per heavy atom. The first-order chi connectivity index (χ1) is 19.9. The van der Waals surface area contributed by atoms with E-state index in [1.54, 1.807) is 0 Å². The van der Waals surface area contributed by atoms with Gasteiger partial charge in [-0.2, -0.15) is 25.3 Å². The zero-order valence-corrected chi connectivity index (χ0v) is 28.0. The van der Waals surface area contributed by atoms with Gasteiger partial charge in [0.25, 0.3) is 0 Å². The molecule has 0 amide bonds. The molecule has 0 saturated heterocycles. The zero-order valence-electron chi connectivity index (χ0n) is 26.2. The second kappa shape index (κ2) is 12.9. The Morgan fingerprint density at radius 3 is 1.45 bits per heavy atom. The van der Waals surface area contributed by atoms with Crippen LogP contribution in [0.3, 0.4) is 0 Å². The molecule has 3 aromatic carbocycles. The molecular formula is C36H48N2O2S2. The van der Waals surface area contributed by atoms with Crippen molar-refractivity contribution in [3.8, 4) is 11.5 Å². The lowest BCUT2D eigenvalue weighted by Gasteiger charge is -2.34. The molecule has 0 spiro atoms. The number of nitrogens with zero attached hydrogens (tertiary/aromatic N) is 2. The van der Waals surface area contributed by atoms with Gasteiger partial charge < -0.3 is 9.47 Å². The predicted octanol–water partition coefficient (Wildman–Crippen LogP) is 8.06. The van der Waals surface area contributed by atoms with E-state index in [2.05, 4.69) is 137 Å². The third kappa shape index (κ3) is 6.99. The molecule has 2 heterocycles. The SMILES string of the molecule is CC(S)CCN1COc2ccc(C(C)(C)c3cccc(C(C)(C)c4ccc5c(c4)CN(CCC(C)S)CO5)c3)cc2C1. The van der Waals surface area contributed by atoms with Gasteiger partial charge in [-0.3, -0.25) is 9.80 Å². The van der Waals surface area contributed by atoms with Crippen LogP contribution in [0.4, 0.5) is 0 Å². The lowest BCUT2D eigenvalue weighted by atomic mass is 9.73. The summed E-state index contributed by atoms with van der Waals surface area (Å²) in [6.07, 6.45) is 2.11. The summed E-state index contributed by atoms with van der Waals surface area (Å²) in [4.78, 5) is 4.75. The van der Waals surface area contributed by atoms with E-state index >= 15 is 0 Å². The van der Waals surface area contributed by atoms with Crippen LogP contribution in [0.2, 0.25) is 0 Å². The van der Waals surface area contributed by atoms with Crippen molar-refractivity contribution >= 4 is 25.3 Å². The number of hydrogen-bond donors (Lipinski definition) is 2. The quantitative estimate of drug-likeness (QED) is 0.229. The summed E-state index contributed by atoms with van der Waals surface area (Å²) in [5, 5.41) is 0.786. The maximum Gasteiger partial charge on any atom is 0.142 e. The Labute approximate surface area is 264 Å². The first-order valence-electron chi connectivity index (χ1n) is 15.4. The van der Waals surface area contributed by atoms with Crippen LogP contribution in [-0.4, -0.2) is 46.9 Å². The van der Waals surface area contributed by atoms with Crippen LogP contribution in [-0.2, 0) is 23.9 Å². The molecular weight excluding hydrogens is 557 g/mol. The highest BCUT2D eigenvalue weighted by atomic mass is 32.1. The molecule has 0 N–H and O–H groups in total. The van der Waals surface area contributed by atoms with Gasteiger partial charge in [-0.25, -0.2) is 0 Å². The fourth-order valence-corrected chi connectivity index (χ4v) is 6.25. The van der Waals surface area contributed by atoms with Gasteiger partial charge in [0.15, 0.2) is 0 Å². The van der Waals surface area contributed by atoms with Crippen LogP contribution >= 0.6 is 25.3 Å². The molecule has 0 saturated carbocycles. The summed E-state index contributed by atoms with van der Waals surface area (Å²) in [6, 6.07) is 22.7. The molecule has 0 aromatic heterocycles. The highest BCUT2D eigenvalue weighted by Gasteiger charge is 2.30. The Balaban J connectivity index is 1.37. The van der Waals surface area contributed by atoms with Gasteiger partial charge in [0, 0.05) is 58.6 Å². The molecule has 0 bridgehead atoms.